The highest BCUT2D eigenvalue weighted by atomic mass is 16.6. The van der Waals surface area contributed by atoms with Crippen molar-refractivity contribution < 1.29 is 14.3 Å². The summed E-state index contributed by atoms with van der Waals surface area (Å²) in [6, 6.07) is 4.07. The minimum atomic E-state index is 0.130. The number of hydrogen-bond donors (Lipinski definition) is 0. The Kier molecular flexibility index (Phi) is 2.42. The molecule has 4 nitrogen and oxygen atoms in total. The van der Waals surface area contributed by atoms with Crippen LogP contribution in [-0.2, 0) is 17.8 Å². The van der Waals surface area contributed by atoms with Gasteiger partial charge in [0.2, 0.25) is 5.91 Å². The molecule has 90 valence electrons. The lowest BCUT2D eigenvalue weighted by atomic mass is 9.98. The van der Waals surface area contributed by atoms with E-state index in [0.29, 0.717) is 19.8 Å². The van der Waals surface area contributed by atoms with E-state index in [1.807, 2.05) is 11.0 Å². The summed E-state index contributed by atoms with van der Waals surface area (Å²) < 4.78 is 11.1. The summed E-state index contributed by atoms with van der Waals surface area (Å²) >= 11 is 0. The third-order valence-electron chi connectivity index (χ3n) is 3.32. The van der Waals surface area contributed by atoms with Gasteiger partial charge < -0.3 is 14.4 Å². The second-order valence-corrected chi connectivity index (χ2v) is 4.46. The van der Waals surface area contributed by atoms with Gasteiger partial charge in [-0.25, -0.2) is 0 Å². The van der Waals surface area contributed by atoms with Gasteiger partial charge in [0.25, 0.3) is 0 Å². The largest absolute Gasteiger partial charge is 0.486 e. The summed E-state index contributed by atoms with van der Waals surface area (Å²) in [5, 5.41) is 0. The molecular weight excluding hydrogens is 218 g/mol. The molecule has 0 bridgehead atoms. The van der Waals surface area contributed by atoms with Crippen LogP contribution in [0.25, 0.3) is 0 Å². The van der Waals surface area contributed by atoms with Crippen molar-refractivity contribution in [2.45, 2.75) is 19.9 Å². The number of ether oxygens (including phenoxy) is 2. The first-order valence-electron chi connectivity index (χ1n) is 5.91. The number of carbonyl (C=O) groups is 1. The molecule has 0 radical (unpaired) electrons. The van der Waals surface area contributed by atoms with E-state index in [0.717, 1.165) is 24.5 Å². The van der Waals surface area contributed by atoms with E-state index < -0.39 is 0 Å². The van der Waals surface area contributed by atoms with Crippen LogP contribution in [0.5, 0.6) is 11.5 Å². The molecule has 0 atom stereocenters. The van der Waals surface area contributed by atoms with Gasteiger partial charge in [-0.15, -0.1) is 0 Å². The van der Waals surface area contributed by atoms with Gasteiger partial charge >= 0.3 is 0 Å². The highest BCUT2D eigenvalue weighted by Crippen LogP contribution is 2.35. The van der Waals surface area contributed by atoms with Crippen molar-refractivity contribution in [3.05, 3.63) is 23.3 Å². The highest BCUT2D eigenvalue weighted by Gasteiger charge is 2.22. The van der Waals surface area contributed by atoms with Crippen LogP contribution in [0.15, 0.2) is 12.1 Å². The number of nitrogens with zero attached hydrogens (tertiary/aromatic N) is 1. The molecule has 4 heteroatoms. The molecule has 0 saturated carbocycles. The average Bonchev–Trinajstić information content (AvgIpc) is 2.35. The Morgan fingerprint density at radius 1 is 1.18 bits per heavy atom. The van der Waals surface area contributed by atoms with Gasteiger partial charge in [0.05, 0.1) is 0 Å². The van der Waals surface area contributed by atoms with Gasteiger partial charge in [-0.05, 0) is 29.7 Å². The van der Waals surface area contributed by atoms with Crippen LogP contribution >= 0.6 is 0 Å². The van der Waals surface area contributed by atoms with Crippen molar-refractivity contribution in [1.82, 2.24) is 4.90 Å². The maximum Gasteiger partial charge on any atom is 0.219 e. The predicted octanol–water partition coefficient (Wildman–Crippen LogP) is 1.36. The van der Waals surface area contributed by atoms with E-state index in [9.17, 15) is 4.79 Å². The van der Waals surface area contributed by atoms with Crippen molar-refractivity contribution in [2.75, 3.05) is 19.8 Å². The zero-order chi connectivity index (χ0) is 11.8. The fraction of sp³-hybridized carbons (Fsp3) is 0.462. The minimum absolute atomic E-state index is 0.130. The molecule has 0 saturated heterocycles. The van der Waals surface area contributed by atoms with Crippen LogP contribution in [0.3, 0.4) is 0 Å². The Balaban J connectivity index is 1.94. The standard InChI is InChI=1S/C13H15NO3/c1-9(15)14-3-2-10-6-12-13(7-11(10)8-14)17-5-4-16-12/h6-7H,2-5,8H2,1H3. The molecule has 0 aliphatic carbocycles. The van der Waals surface area contributed by atoms with E-state index in [1.165, 1.54) is 11.1 Å². The Morgan fingerprint density at radius 3 is 2.47 bits per heavy atom. The van der Waals surface area contributed by atoms with Crippen molar-refractivity contribution in [3.63, 3.8) is 0 Å². The van der Waals surface area contributed by atoms with Gasteiger partial charge in [0, 0.05) is 20.0 Å². The van der Waals surface area contributed by atoms with Gasteiger partial charge in [-0.2, -0.15) is 0 Å². The Labute approximate surface area is 100 Å². The normalized spacial score (nSPS) is 17.6. The predicted molar refractivity (Wildman–Crippen MR) is 62.2 cm³/mol. The quantitative estimate of drug-likeness (QED) is 0.679. The number of amides is 1. The monoisotopic (exact) mass is 233 g/mol. The molecule has 3 rings (SSSR count). The zero-order valence-corrected chi connectivity index (χ0v) is 9.86. The number of rotatable bonds is 0. The number of benzene rings is 1. The fourth-order valence-electron chi connectivity index (χ4n) is 2.36. The SMILES string of the molecule is CC(=O)N1CCc2cc3c(cc2C1)OCCO3. The highest BCUT2D eigenvalue weighted by molar-refractivity contribution is 5.73. The lowest BCUT2D eigenvalue weighted by Crippen LogP contribution is -2.34. The molecule has 2 heterocycles. The van der Waals surface area contributed by atoms with Gasteiger partial charge in [-0.1, -0.05) is 0 Å². The van der Waals surface area contributed by atoms with Crippen LogP contribution in [-0.4, -0.2) is 30.6 Å². The van der Waals surface area contributed by atoms with Gasteiger partial charge in [-0.3, -0.25) is 4.79 Å². The first-order chi connectivity index (χ1) is 8.24. The lowest BCUT2D eigenvalue weighted by Gasteiger charge is -2.29. The third kappa shape index (κ3) is 1.84. The summed E-state index contributed by atoms with van der Waals surface area (Å²) in [4.78, 5) is 13.2. The molecule has 0 unspecified atom stereocenters. The van der Waals surface area contributed by atoms with Crippen molar-refractivity contribution in [3.8, 4) is 11.5 Å². The summed E-state index contributed by atoms with van der Waals surface area (Å²) in [5.41, 5.74) is 2.45. The van der Waals surface area contributed by atoms with Crippen molar-refractivity contribution in [1.29, 1.82) is 0 Å². The lowest BCUT2D eigenvalue weighted by molar-refractivity contribution is -0.129. The van der Waals surface area contributed by atoms with Crippen LogP contribution in [0.1, 0.15) is 18.1 Å². The summed E-state index contributed by atoms with van der Waals surface area (Å²) in [6.45, 7) is 4.31. The minimum Gasteiger partial charge on any atom is -0.486 e. The smallest absolute Gasteiger partial charge is 0.219 e. The van der Waals surface area contributed by atoms with Crippen LogP contribution in [0.4, 0.5) is 0 Å². The Bertz CT molecular complexity index is 470. The maximum absolute atomic E-state index is 11.4. The molecule has 1 amide bonds. The molecule has 0 aromatic heterocycles. The van der Waals surface area contributed by atoms with Gasteiger partial charge in [0.1, 0.15) is 13.2 Å². The third-order valence-corrected chi connectivity index (χ3v) is 3.32. The molecule has 0 N–H and O–H groups in total. The first-order valence-corrected chi connectivity index (χ1v) is 5.91. The maximum atomic E-state index is 11.4. The van der Waals surface area contributed by atoms with Gasteiger partial charge in [0.15, 0.2) is 11.5 Å². The van der Waals surface area contributed by atoms with Crippen molar-refractivity contribution in [2.24, 2.45) is 0 Å². The molecule has 2 aliphatic heterocycles. The zero-order valence-electron chi connectivity index (χ0n) is 9.86. The molecule has 17 heavy (non-hydrogen) atoms. The fourth-order valence-corrected chi connectivity index (χ4v) is 2.36. The second kappa shape index (κ2) is 3.95. The molecule has 0 fully saturated rings. The van der Waals surface area contributed by atoms with Crippen molar-refractivity contribution >= 4 is 5.91 Å². The number of fused-ring (bicyclic) bond motifs is 2. The average molecular weight is 233 g/mol. The molecule has 2 aliphatic rings. The molecule has 0 spiro atoms. The molecule has 1 aromatic rings. The summed E-state index contributed by atoms with van der Waals surface area (Å²) in [7, 11) is 0. The summed E-state index contributed by atoms with van der Waals surface area (Å²) in [5.74, 6) is 1.78. The van der Waals surface area contributed by atoms with E-state index >= 15 is 0 Å². The van der Waals surface area contributed by atoms with E-state index in [4.69, 9.17) is 9.47 Å². The first kappa shape index (κ1) is 10.4. The topological polar surface area (TPSA) is 38.8 Å². The van der Waals surface area contributed by atoms with Crippen LogP contribution in [0, 0.1) is 0 Å². The summed E-state index contributed by atoms with van der Waals surface area (Å²) in [6.07, 6.45) is 0.894. The molecule has 1 aromatic carbocycles. The number of hydrogen-bond acceptors (Lipinski definition) is 3. The second-order valence-electron chi connectivity index (χ2n) is 4.46. The molecular formula is C13H15NO3. The Morgan fingerprint density at radius 2 is 1.82 bits per heavy atom. The number of carbonyl (C=O) groups excluding carboxylic acids is 1. The Hall–Kier alpha value is -1.71. The van der Waals surface area contributed by atoms with Crippen LogP contribution < -0.4 is 9.47 Å². The van der Waals surface area contributed by atoms with E-state index in [1.54, 1.807) is 6.92 Å². The van der Waals surface area contributed by atoms with E-state index in [-0.39, 0.29) is 5.91 Å². The van der Waals surface area contributed by atoms with Crippen LogP contribution in [0.2, 0.25) is 0 Å². The van der Waals surface area contributed by atoms with E-state index in [2.05, 4.69) is 6.07 Å².